The topological polar surface area (TPSA) is 64.6 Å². The average Bonchev–Trinajstić information content (AvgIpc) is 2.41. The maximum absolute atomic E-state index is 13.8. The Bertz CT molecular complexity index is 492. The number of aliphatic hydroxyl groups excluding tert-OH is 1. The normalized spacial score (nSPS) is 12.1. The Morgan fingerprint density at radius 2 is 2.00 bits per heavy atom. The summed E-state index contributed by atoms with van der Waals surface area (Å²) in [5, 5.41) is 14.9. The molecule has 0 aromatic heterocycles. The van der Waals surface area contributed by atoms with Crippen molar-refractivity contribution in [1.29, 1.82) is 0 Å². The van der Waals surface area contributed by atoms with Gasteiger partial charge in [-0.1, -0.05) is 19.9 Å². The Hall–Kier alpha value is -1.82. The molecule has 1 aromatic rings. The van der Waals surface area contributed by atoms with Crippen LogP contribution in [-0.2, 0) is 6.54 Å². The van der Waals surface area contributed by atoms with Crippen molar-refractivity contribution in [3.63, 3.8) is 0 Å². The zero-order valence-electron chi connectivity index (χ0n) is 13.7. The van der Waals surface area contributed by atoms with Crippen LogP contribution in [0.25, 0.3) is 0 Å². The van der Waals surface area contributed by atoms with Crippen LogP contribution in [0.3, 0.4) is 0 Å². The number of urea groups is 1. The van der Waals surface area contributed by atoms with Crippen molar-refractivity contribution in [2.24, 2.45) is 5.92 Å². The molecule has 5 nitrogen and oxygen atoms in total. The van der Waals surface area contributed by atoms with E-state index in [2.05, 4.69) is 10.6 Å². The maximum atomic E-state index is 13.8. The first-order chi connectivity index (χ1) is 10.3. The van der Waals surface area contributed by atoms with E-state index in [0.717, 1.165) is 0 Å². The van der Waals surface area contributed by atoms with Crippen LogP contribution in [0.1, 0.15) is 25.8 Å². The number of carbonyl (C=O) groups is 1. The molecule has 0 aliphatic rings. The second-order valence-electron chi connectivity index (χ2n) is 6.03. The number of anilines is 1. The Kier molecular flexibility index (Phi) is 7.11. The molecular weight excluding hydrogens is 285 g/mol. The third kappa shape index (κ3) is 6.30. The first-order valence-electron chi connectivity index (χ1n) is 7.45. The van der Waals surface area contributed by atoms with Gasteiger partial charge in [-0.15, -0.1) is 0 Å². The number of amides is 2. The fourth-order valence-electron chi connectivity index (χ4n) is 2.11. The standard InChI is InChI=1S/C16H26FN3O2/c1-11(2)7-13(21)10-19-16(22)18-9-12-5-6-15(20(3)4)14(17)8-12/h5-6,8,11,13,21H,7,9-10H2,1-4H3,(H2,18,19,22). The Labute approximate surface area is 131 Å². The van der Waals surface area contributed by atoms with Crippen LogP contribution >= 0.6 is 0 Å². The van der Waals surface area contributed by atoms with Crippen molar-refractivity contribution < 1.29 is 14.3 Å². The zero-order valence-corrected chi connectivity index (χ0v) is 13.7. The van der Waals surface area contributed by atoms with Gasteiger partial charge in [0.15, 0.2) is 0 Å². The Morgan fingerprint density at radius 1 is 1.32 bits per heavy atom. The quantitative estimate of drug-likeness (QED) is 0.722. The number of benzene rings is 1. The molecule has 22 heavy (non-hydrogen) atoms. The molecule has 2 amide bonds. The summed E-state index contributed by atoms with van der Waals surface area (Å²) < 4.78 is 13.8. The lowest BCUT2D eigenvalue weighted by Gasteiger charge is -2.15. The van der Waals surface area contributed by atoms with Crippen LogP contribution in [-0.4, -0.2) is 37.9 Å². The third-order valence-corrected chi connectivity index (χ3v) is 3.19. The van der Waals surface area contributed by atoms with E-state index in [1.165, 1.54) is 6.07 Å². The van der Waals surface area contributed by atoms with E-state index in [0.29, 0.717) is 23.6 Å². The molecule has 0 radical (unpaired) electrons. The van der Waals surface area contributed by atoms with Gasteiger partial charge in [-0.05, 0) is 30.0 Å². The highest BCUT2D eigenvalue weighted by Crippen LogP contribution is 2.18. The van der Waals surface area contributed by atoms with E-state index in [1.54, 1.807) is 31.1 Å². The number of aliphatic hydroxyl groups is 1. The molecule has 0 saturated carbocycles. The summed E-state index contributed by atoms with van der Waals surface area (Å²) in [4.78, 5) is 13.3. The SMILES string of the molecule is CC(C)CC(O)CNC(=O)NCc1ccc(N(C)C)c(F)c1. The highest BCUT2D eigenvalue weighted by Gasteiger charge is 2.09. The molecule has 0 bridgehead atoms. The van der Waals surface area contributed by atoms with Gasteiger partial charge in [0.25, 0.3) is 0 Å². The van der Waals surface area contributed by atoms with E-state index < -0.39 is 6.10 Å². The first-order valence-corrected chi connectivity index (χ1v) is 7.45. The average molecular weight is 311 g/mol. The Morgan fingerprint density at radius 3 is 2.55 bits per heavy atom. The molecule has 1 rings (SSSR count). The summed E-state index contributed by atoms with van der Waals surface area (Å²) in [6.07, 6.45) is 0.0832. The first kappa shape index (κ1) is 18.2. The number of nitrogens with zero attached hydrogens (tertiary/aromatic N) is 1. The van der Waals surface area contributed by atoms with Crippen molar-refractivity contribution in [3.05, 3.63) is 29.6 Å². The molecule has 0 heterocycles. The molecule has 1 unspecified atom stereocenters. The van der Waals surface area contributed by atoms with Crippen molar-refractivity contribution in [2.75, 3.05) is 25.5 Å². The molecule has 0 spiro atoms. The fraction of sp³-hybridized carbons (Fsp3) is 0.562. The maximum Gasteiger partial charge on any atom is 0.315 e. The largest absolute Gasteiger partial charge is 0.391 e. The van der Waals surface area contributed by atoms with Crippen LogP contribution in [0.5, 0.6) is 0 Å². The van der Waals surface area contributed by atoms with Crippen LogP contribution in [0, 0.1) is 11.7 Å². The summed E-state index contributed by atoms with van der Waals surface area (Å²) >= 11 is 0. The predicted molar refractivity (Wildman–Crippen MR) is 86.4 cm³/mol. The minimum Gasteiger partial charge on any atom is -0.391 e. The number of carbonyl (C=O) groups excluding carboxylic acids is 1. The van der Waals surface area contributed by atoms with Crippen molar-refractivity contribution in [1.82, 2.24) is 10.6 Å². The number of hydrogen-bond acceptors (Lipinski definition) is 3. The summed E-state index contributed by atoms with van der Waals surface area (Å²) in [5.74, 6) is 0.0510. The van der Waals surface area contributed by atoms with Gasteiger partial charge >= 0.3 is 6.03 Å². The van der Waals surface area contributed by atoms with Crippen LogP contribution in [0.4, 0.5) is 14.9 Å². The van der Waals surface area contributed by atoms with Gasteiger partial charge in [-0.3, -0.25) is 0 Å². The summed E-state index contributed by atoms with van der Waals surface area (Å²) in [6.45, 7) is 4.46. The second-order valence-corrected chi connectivity index (χ2v) is 6.03. The van der Waals surface area contributed by atoms with E-state index >= 15 is 0 Å². The second kappa shape index (κ2) is 8.58. The Balaban J connectivity index is 2.39. The van der Waals surface area contributed by atoms with Gasteiger partial charge < -0.3 is 20.6 Å². The number of hydrogen-bond donors (Lipinski definition) is 3. The van der Waals surface area contributed by atoms with Crippen LogP contribution in [0.2, 0.25) is 0 Å². The molecule has 0 aliphatic heterocycles. The van der Waals surface area contributed by atoms with Crippen LogP contribution in [0.15, 0.2) is 18.2 Å². The van der Waals surface area contributed by atoms with Gasteiger partial charge in [0.2, 0.25) is 0 Å². The van der Waals surface area contributed by atoms with Crippen molar-refractivity contribution >= 4 is 11.7 Å². The molecular formula is C16H26FN3O2. The lowest BCUT2D eigenvalue weighted by Crippen LogP contribution is -2.39. The molecule has 0 aliphatic carbocycles. The molecule has 0 saturated heterocycles. The van der Waals surface area contributed by atoms with Gasteiger partial charge in [0, 0.05) is 27.2 Å². The summed E-state index contributed by atoms with van der Waals surface area (Å²) in [6, 6.07) is 4.48. The van der Waals surface area contributed by atoms with E-state index in [-0.39, 0.29) is 24.9 Å². The van der Waals surface area contributed by atoms with Gasteiger partial charge in [0.1, 0.15) is 5.82 Å². The zero-order chi connectivity index (χ0) is 16.7. The molecule has 124 valence electrons. The molecule has 0 fully saturated rings. The summed E-state index contributed by atoms with van der Waals surface area (Å²) in [5.41, 5.74) is 1.19. The van der Waals surface area contributed by atoms with Crippen molar-refractivity contribution in [2.45, 2.75) is 32.9 Å². The van der Waals surface area contributed by atoms with E-state index in [1.807, 2.05) is 13.8 Å². The third-order valence-electron chi connectivity index (χ3n) is 3.19. The summed E-state index contributed by atoms with van der Waals surface area (Å²) in [7, 11) is 3.54. The highest BCUT2D eigenvalue weighted by molar-refractivity contribution is 5.73. The van der Waals surface area contributed by atoms with Gasteiger partial charge in [-0.25, -0.2) is 9.18 Å². The number of rotatable bonds is 7. The predicted octanol–water partition coefficient (Wildman–Crippen LogP) is 2.10. The minimum absolute atomic E-state index is 0.206. The molecule has 3 N–H and O–H groups in total. The van der Waals surface area contributed by atoms with E-state index in [4.69, 9.17) is 0 Å². The number of halogens is 1. The molecule has 1 atom stereocenters. The van der Waals surface area contributed by atoms with Gasteiger partial charge in [0.05, 0.1) is 11.8 Å². The van der Waals surface area contributed by atoms with E-state index in [9.17, 15) is 14.3 Å². The highest BCUT2D eigenvalue weighted by atomic mass is 19.1. The number of nitrogens with one attached hydrogen (secondary N) is 2. The molecule has 1 aromatic carbocycles. The fourth-order valence-corrected chi connectivity index (χ4v) is 2.11. The minimum atomic E-state index is -0.553. The lowest BCUT2D eigenvalue weighted by molar-refractivity contribution is 0.147. The van der Waals surface area contributed by atoms with Crippen LogP contribution < -0.4 is 15.5 Å². The van der Waals surface area contributed by atoms with Crippen molar-refractivity contribution in [3.8, 4) is 0 Å². The lowest BCUT2D eigenvalue weighted by atomic mass is 10.1. The smallest absolute Gasteiger partial charge is 0.315 e. The van der Waals surface area contributed by atoms with Gasteiger partial charge in [-0.2, -0.15) is 0 Å². The monoisotopic (exact) mass is 311 g/mol. The molecule has 6 heteroatoms.